The number of aliphatic imine (C=N–C) groups is 1. The average molecular weight is 427 g/mol. The van der Waals surface area contributed by atoms with Gasteiger partial charge in [-0.3, -0.25) is 14.6 Å². The molecule has 0 aromatic heterocycles. The first-order valence-corrected chi connectivity index (χ1v) is 10.5. The first-order valence-electron chi connectivity index (χ1n) is 10.5. The molecule has 1 aromatic carbocycles. The minimum absolute atomic E-state index is 0.219. The van der Waals surface area contributed by atoms with Crippen molar-refractivity contribution in [1.29, 1.82) is 0 Å². The number of anilines is 1. The van der Waals surface area contributed by atoms with E-state index in [0.717, 1.165) is 11.3 Å². The molecule has 3 rings (SSSR count). The number of hydrogen-bond acceptors (Lipinski definition) is 7. The molecule has 0 radical (unpaired) electrons. The molecular weight excluding hydrogens is 396 g/mol. The number of carbonyl (C=O) groups is 3. The smallest absolute Gasteiger partial charge is 0.336 e. The maximum absolute atomic E-state index is 13.6. The lowest BCUT2D eigenvalue weighted by Crippen LogP contribution is -2.48. The fourth-order valence-electron chi connectivity index (χ4n) is 4.65. The van der Waals surface area contributed by atoms with Crippen molar-refractivity contribution in [1.82, 2.24) is 0 Å². The molecule has 1 aliphatic heterocycles. The molecule has 166 valence electrons. The summed E-state index contributed by atoms with van der Waals surface area (Å²) >= 11 is 0. The Bertz CT molecular complexity index is 945. The van der Waals surface area contributed by atoms with Crippen molar-refractivity contribution in [2.24, 2.45) is 22.7 Å². The minimum Gasteiger partial charge on any atom is -0.468 e. The molecule has 1 aliphatic carbocycles. The fraction of sp³-hybridized carbons (Fsp3) is 0.500. The van der Waals surface area contributed by atoms with Crippen molar-refractivity contribution in [3.8, 4) is 0 Å². The highest BCUT2D eigenvalue weighted by molar-refractivity contribution is 6.17. The number of rotatable bonds is 5. The van der Waals surface area contributed by atoms with E-state index in [0.29, 0.717) is 23.4 Å². The van der Waals surface area contributed by atoms with Gasteiger partial charge < -0.3 is 14.4 Å². The molecule has 0 saturated heterocycles. The zero-order valence-corrected chi connectivity index (χ0v) is 19.0. The van der Waals surface area contributed by atoms with Gasteiger partial charge in [0.15, 0.2) is 5.78 Å². The summed E-state index contributed by atoms with van der Waals surface area (Å²) in [5.41, 5.74) is 3.47. The lowest BCUT2D eigenvalue weighted by Gasteiger charge is -2.40. The Morgan fingerprint density at radius 1 is 1.16 bits per heavy atom. The number of nitrogens with zero attached hydrogens (tertiary/aromatic N) is 2. The van der Waals surface area contributed by atoms with Crippen LogP contribution in [0, 0.1) is 17.8 Å². The van der Waals surface area contributed by atoms with Crippen LogP contribution in [0.1, 0.15) is 38.7 Å². The molecule has 0 unspecified atom stereocenters. The van der Waals surface area contributed by atoms with Crippen LogP contribution in [-0.2, 0) is 23.9 Å². The topological polar surface area (TPSA) is 85.3 Å². The van der Waals surface area contributed by atoms with Gasteiger partial charge in [-0.25, -0.2) is 4.79 Å². The maximum Gasteiger partial charge on any atom is 0.336 e. The fourth-order valence-corrected chi connectivity index (χ4v) is 4.65. The van der Waals surface area contributed by atoms with E-state index in [9.17, 15) is 14.4 Å². The number of hydrogen-bond donors (Lipinski definition) is 0. The third kappa shape index (κ3) is 4.13. The van der Waals surface area contributed by atoms with Crippen molar-refractivity contribution >= 4 is 29.1 Å². The van der Waals surface area contributed by atoms with Gasteiger partial charge in [0.2, 0.25) is 0 Å². The summed E-state index contributed by atoms with van der Waals surface area (Å²) in [6.07, 6.45) is 0.496. The molecule has 2 aliphatic rings. The SMILES string of the molecule is CCOC(=O)C1=C(C)N=C2C[C@@H](C)[C@@H](C(=O)OC)C(=O)[C@H]2[C@H]1c1ccc(N(C)C)cc1. The lowest BCUT2D eigenvalue weighted by molar-refractivity contribution is -0.152. The van der Waals surface area contributed by atoms with Gasteiger partial charge in [0.25, 0.3) is 0 Å². The third-order valence-electron chi connectivity index (χ3n) is 6.14. The van der Waals surface area contributed by atoms with E-state index in [4.69, 9.17) is 9.47 Å². The van der Waals surface area contributed by atoms with Gasteiger partial charge in [0, 0.05) is 37.1 Å². The number of Topliss-reactive ketones (excluding diaryl/α,β-unsaturated/α-hetero) is 1. The molecule has 1 fully saturated rings. The van der Waals surface area contributed by atoms with Crippen LogP contribution in [0.15, 0.2) is 40.5 Å². The van der Waals surface area contributed by atoms with Gasteiger partial charge in [0.1, 0.15) is 5.92 Å². The second-order valence-electron chi connectivity index (χ2n) is 8.35. The van der Waals surface area contributed by atoms with Crippen LogP contribution < -0.4 is 4.90 Å². The zero-order chi connectivity index (χ0) is 22.9. The summed E-state index contributed by atoms with van der Waals surface area (Å²) in [5.74, 6) is -3.63. The van der Waals surface area contributed by atoms with E-state index in [1.165, 1.54) is 7.11 Å². The van der Waals surface area contributed by atoms with Crippen molar-refractivity contribution in [2.75, 3.05) is 32.7 Å². The van der Waals surface area contributed by atoms with Gasteiger partial charge in [0.05, 0.1) is 25.2 Å². The summed E-state index contributed by atoms with van der Waals surface area (Å²) in [7, 11) is 5.18. The summed E-state index contributed by atoms with van der Waals surface area (Å²) < 4.78 is 10.2. The number of allylic oxidation sites excluding steroid dienone is 1. The Labute approximate surface area is 183 Å². The number of carbonyl (C=O) groups excluding carboxylic acids is 3. The van der Waals surface area contributed by atoms with E-state index < -0.39 is 29.7 Å². The van der Waals surface area contributed by atoms with Crippen LogP contribution in [0.2, 0.25) is 0 Å². The molecule has 0 spiro atoms. The molecule has 31 heavy (non-hydrogen) atoms. The number of esters is 2. The van der Waals surface area contributed by atoms with Crippen molar-refractivity contribution in [2.45, 2.75) is 33.1 Å². The van der Waals surface area contributed by atoms with Crippen LogP contribution >= 0.6 is 0 Å². The molecule has 7 nitrogen and oxygen atoms in total. The summed E-state index contributed by atoms with van der Waals surface area (Å²) in [4.78, 5) is 45.6. The molecule has 7 heteroatoms. The molecule has 4 atom stereocenters. The number of benzene rings is 1. The van der Waals surface area contributed by atoms with Gasteiger partial charge in [-0.15, -0.1) is 0 Å². The van der Waals surface area contributed by atoms with Gasteiger partial charge in [-0.2, -0.15) is 0 Å². The Morgan fingerprint density at radius 2 is 1.81 bits per heavy atom. The van der Waals surface area contributed by atoms with Crippen molar-refractivity contribution in [3.63, 3.8) is 0 Å². The van der Waals surface area contributed by atoms with E-state index in [2.05, 4.69) is 4.99 Å². The number of methoxy groups -OCH3 is 1. The highest BCUT2D eigenvalue weighted by Gasteiger charge is 2.51. The Morgan fingerprint density at radius 3 is 2.35 bits per heavy atom. The second-order valence-corrected chi connectivity index (χ2v) is 8.35. The van der Waals surface area contributed by atoms with E-state index in [1.54, 1.807) is 13.8 Å². The van der Waals surface area contributed by atoms with Gasteiger partial charge in [-0.1, -0.05) is 19.1 Å². The lowest BCUT2D eigenvalue weighted by atomic mass is 9.64. The van der Waals surface area contributed by atoms with Crippen LogP contribution in [-0.4, -0.2) is 51.2 Å². The highest BCUT2D eigenvalue weighted by Crippen LogP contribution is 2.46. The second kappa shape index (κ2) is 9.04. The van der Waals surface area contributed by atoms with E-state index in [-0.39, 0.29) is 18.3 Å². The molecule has 1 saturated carbocycles. The van der Waals surface area contributed by atoms with Crippen molar-refractivity contribution < 1.29 is 23.9 Å². The largest absolute Gasteiger partial charge is 0.468 e. The first kappa shape index (κ1) is 22.7. The maximum atomic E-state index is 13.6. The monoisotopic (exact) mass is 426 g/mol. The first-order chi connectivity index (χ1) is 14.7. The standard InChI is InChI=1S/C24H30N2O5/c1-7-31-24(29)19-14(3)25-17-12-13(2)18(23(28)30-6)22(27)21(17)20(19)15-8-10-16(11-9-15)26(4)5/h8-11,13,18,20-21H,7,12H2,1-6H3/t13-,18-,20+,21-/m1/s1. The summed E-state index contributed by atoms with van der Waals surface area (Å²) in [6.45, 7) is 5.60. The van der Waals surface area contributed by atoms with Gasteiger partial charge >= 0.3 is 11.9 Å². The third-order valence-corrected chi connectivity index (χ3v) is 6.14. The average Bonchev–Trinajstić information content (AvgIpc) is 2.72. The predicted octanol–water partition coefficient (Wildman–Crippen LogP) is 3.14. The van der Waals surface area contributed by atoms with Crippen LogP contribution in [0.25, 0.3) is 0 Å². The quantitative estimate of drug-likeness (QED) is 0.531. The summed E-state index contributed by atoms with van der Waals surface area (Å²) in [6, 6.07) is 7.75. The highest BCUT2D eigenvalue weighted by atomic mass is 16.5. The van der Waals surface area contributed by atoms with E-state index >= 15 is 0 Å². The Balaban J connectivity index is 2.16. The molecule has 0 amide bonds. The number of ether oxygens (including phenoxy) is 2. The predicted molar refractivity (Wildman–Crippen MR) is 118 cm³/mol. The van der Waals surface area contributed by atoms with Gasteiger partial charge in [-0.05, 0) is 43.9 Å². The van der Waals surface area contributed by atoms with Crippen LogP contribution in [0.5, 0.6) is 0 Å². The zero-order valence-electron chi connectivity index (χ0n) is 19.0. The Hall–Kier alpha value is -2.96. The van der Waals surface area contributed by atoms with Crippen LogP contribution in [0.4, 0.5) is 5.69 Å². The molecule has 0 N–H and O–H groups in total. The van der Waals surface area contributed by atoms with E-state index in [1.807, 2.05) is 50.2 Å². The molecule has 1 aromatic rings. The normalized spacial score (nSPS) is 25.5. The molecule has 0 bridgehead atoms. The molecular formula is C24H30N2O5. The number of ketones is 1. The number of fused-ring (bicyclic) bond motifs is 1. The molecule has 1 heterocycles. The minimum atomic E-state index is -0.876. The van der Waals surface area contributed by atoms with Crippen molar-refractivity contribution in [3.05, 3.63) is 41.1 Å². The van der Waals surface area contributed by atoms with Crippen LogP contribution in [0.3, 0.4) is 0 Å². The Kier molecular flexibility index (Phi) is 6.62. The summed E-state index contributed by atoms with van der Waals surface area (Å²) in [5, 5.41) is 0.